The molecule has 1 aromatic rings. The lowest BCUT2D eigenvalue weighted by molar-refractivity contribution is 1.19. The molecule has 0 saturated carbocycles. The van der Waals surface area contributed by atoms with Crippen molar-refractivity contribution >= 4 is 22.9 Å². The Hall–Kier alpha value is -0.270. The van der Waals surface area contributed by atoms with Gasteiger partial charge in [-0.05, 0) is 31.4 Å². The third-order valence-electron chi connectivity index (χ3n) is 1.83. The van der Waals surface area contributed by atoms with E-state index in [0.717, 1.165) is 25.1 Å². The molecule has 0 aromatic carbocycles. The topological polar surface area (TPSA) is 0 Å². The van der Waals surface area contributed by atoms with Crippen LogP contribution >= 0.6 is 22.9 Å². The summed E-state index contributed by atoms with van der Waals surface area (Å²) in [4.78, 5) is 2.92. The van der Waals surface area contributed by atoms with Crippen LogP contribution in [-0.2, 0) is 12.8 Å². The molecule has 0 amide bonds. The Kier molecular flexibility index (Phi) is 5.18. The summed E-state index contributed by atoms with van der Waals surface area (Å²) in [5.41, 5.74) is 0. The third kappa shape index (κ3) is 3.97. The number of halogens is 1. The second kappa shape index (κ2) is 6.22. The predicted octanol–water partition coefficient (Wildman–Crippen LogP) is 4.04. The SMILES string of the molecule is CCc1ccc(CC=CCCCl)s1. The standard InChI is InChI=1S/C11H15ClS/c1-2-10-7-8-11(13-10)6-4-3-5-9-12/h3-4,7-8H,2,5-6,9H2,1H3. The van der Waals surface area contributed by atoms with Gasteiger partial charge in [-0.3, -0.25) is 0 Å². The Morgan fingerprint density at radius 3 is 2.69 bits per heavy atom. The number of hydrogen-bond donors (Lipinski definition) is 0. The first-order chi connectivity index (χ1) is 6.36. The molecule has 72 valence electrons. The molecule has 0 saturated heterocycles. The maximum atomic E-state index is 5.56. The molecule has 13 heavy (non-hydrogen) atoms. The zero-order valence-corrected chi connectivity index (χ0v) is 9.50. The van der Waals surface area contributed by atoms with Crippen molar-refractivity contribution in [2.75, 3.05) is 5.88 Å². The Balaban J connectivity index is 2.36. The van der Waals surface area contributed by atoms with Crippen LogP contribution in [0.15, 0.2) is 24.3 Å². The molecule has 0 fully saturated rings. The van der Waals surface area contributed by atoms with E-state index in [4.69, 9.17) is 11.6 Å². The second-order valence-corrected chi connectivity index (χ2v) is 4.51. The summed E-state index contributed by atoms with van der Waals surface area (Å²) in [6.07, 6.45) is 7.54. The summed E-state index contributed by atoms with van der Waals surface area (Å²) in [5, 5.41) is 0. The van der Waals surface area contributed by atoms with Crippen molar-refractivity contribution in [3.8, 4) is 0 Å². The number of hydrogen-bond acceptors (Lipinski definition) is 1. The molecule has 0 bridgehead atoms. The molecule has 1 aromatic heterocycles. The molecule has 1 heterocycles. The van der Waals surface area contributed by atoms with E-state index >= 15 is 0 Å². The van der Waals surface area contributed by atoms with Crippen LogP contribution in [0.2, 0.25) is 0 Å². The van der Waals surface area contributed by atoms with Gasteiger partial charge in [0, 0.05) is 15.6 Å². The van der Waals surface area contributed by atoms with Crippen LogP contribution in [0.4, 0.5) is 0 Å². The van der Waals surface area contributed by atoms with E-state index < -0.39 is 0 Å². The smallest absolute Gasteiger partial charge is 0.0258 e. The van der Waals surface area contributed by atoms with Gasteiger partial charge in [0.1, 0.15) is 0 Å². The minimum absolute atomic E-state index is 0.723. The first-order valence-electron chi connectivity index (χ1n) is 4.65. The molecule has 0 nitrogen and oxygen atoms in total. The van der Waals surface area contributed by atoms with E-state index in [-0.39, 0.29) is 0 Å². The van der Waals surface area contributed by atoms with Crippen molar-refractivity contribution in [3.05, 3.63) is 34.0 Å². The van der Waals surface area contributed by atoms with Crippen LogP contribution in [0.25, 0.3) is 0 Å². The summed E-state index contributed by atoms with van der Waals surface area (Å²) < 4.78 is 0. The van der Waals surface area contributed by atoms with Crippen molar-refractivity contribution < 1.29 is 0 Å². The zero-order chi connectivity index (χ0) is 9.52. The average molecular weight is 215 g/mol. The normalized spacial score (nSPS) is 11.2. The van der Waals surface area contributed by atoms with Crippen LogP contribution in [0.1, 0.15) is 23.1 Å². The Labute approximate surface area is 89.2 Å². The lowest BCUT2D eigenvalue weighted by Gasteiger charge is -1.88. The zero-order valence-electron chi connectivity index (χ0n) is 7.92. The molecule has 0 radical (unpaired) electrons. The van der Waals surface area contributed by atoms with Crippen LogP contribution in [0.5, 0.6) is 0 Å². The molecule has 2 heteroatoms. The van der Waals surface area contributed by atoms with Gasteiger partial charge in [-0.2, -0.15) is 0 Å². The van der Waals surface area contributed by atoms with E-state index in [1.807, 2.05) is 11.3 Å². The maximum absolute atomic E-state index is 5.56. The fourth-order valence-electron chi connectivity index (χ4n) is 1.10. The van der Waals surface area contributed by atoms with Gasteiger partial charge in [0.2, 0.25) is 0 Å². The predicted molar refractivity (Wildman–Crippen MR) is 61.9 cm³/mol. The van der Waals surface area contributed by atoms with Gasteiger partial charge in [0.25, 0.3) is 0 Å². The average Bonchev–Trinajstić information content (AvgIpc) is 2.60. The van der Waals surface area contributed by atoms with Crippen molar-refractivity contribution in [3.63, 3.8) is 0 Å². The highest BCUT2D eigenvalue weighted by molar-refractivity contribution is 7.12. The quantitative estimate of drug-likeness (QED) is 0.513. The second-order valence-electron chi connectivity index (χ2n) is 2.87. The first kappa shape index (κ1) is 10.8. The monoisotopic (exact) mass is 214 g/mol. The van der Waals surface area contributed by atoms with E-state index in [0.29, 0.717) is 0 Å². The van der Waals surface area contributed by atoms with Gasteiger partial charge in [-0.1, -0.05) is 19.1 Å². The van der Waals surface area contributed by atoms with Gasteiger partial charge < -0.3 is 0 Å². The first-order valence-corrected chi connectivity index (χ1v) is 6.00. The number of rotatable bonds is 5. The fraction of sp³-hybridized carbons (Fsp3) is 0.455. The molecule has 0 spiro atoms. The summed E-state index contributed by atoms with van der Waals surface area (Å²) >= 11 is 7.47. The molecule has 0 unspecified atom stereocenters. The highest BCUT2D eigenvalue weighted by Crippen LogP contribution is 2.17. The van der Waals surface area contributed by atoms with E-state index in [1.165, 1.54) is 9.75 Å². The van der Waals surface area contributed by atoms with Crippen molar-refractivity contribution in [2.24, 2.45) is 0 Å². The summed E-state index contributed by atoms with van der Waals surface area (Å²) in [6.45, 7) is 2.19. The van der Waals surface area contributed by atoms with Crippen molar-refractivity contribution in [1.29, 1.82) is 0 Å². The highest BCUT2D eigenvalue weighted by Gasteiger charge is 1.95. The van der Waals surface area contributed by atoms with E-state index in [1.54, 1.807) is 0 Å². The molecule has 0 atom stereocenters. The van der Waals surface area contributed by atoms with E-state index in [9.17, 15) is 0 Å². The van der Waals surface area contributed by atoms with Crippen LogP contribution < -0.4 is 0 Å². The highest BCUT2D eigenvalue weighted by atomic mass is 35.5. The Morgan fingerprint density at radius 2 is 2.08 bits per heavy atom. The molecule has 1 rings (SSSR count). The van der Waals surface area contributed by atoms with Crippen molar-refractivity contribution in [1.82, 2.24) is 0 Å². The van der Waals surface area contributed by atoms with E-state index in [2.05, 4.69) is 31.2 Å². The van der Waals surface area contributed by atoms with Crippen LogP contribution in [-0.4, -0.2) is 5.88 Å². The lowest BCUT2D eigenvalue weighted by Crippen LogP contribution is -1.73. The summed E-state index contributed by atoms with van der Waals surface area (Å²) in [5.74, 6) is 0.723. The minimum atomic E-state index is 0.723. The molecule has 0 N–H and O–H groups in total. The lowest BCUT2D eigenvalue weighted by atomic mass is 10.3. The van der Waals surface area contributed by atoms with Gasteiger partial charge in [-0.25, -0.2) is 0 Å². The molecule has 0 aliphatic carbocycles. The van der Waals surface area contributed by atoms with Crippen LogP contribution in [0, 0.1) is 0 Å². The third-order valence-corrected chi connectivity index (χ3v) is 3.30. The number of thiophene rings is 1. The molecule has 0 aliphatic rings. The molecular weight excluding hydrogens is 200 g/mol. The molecular formula is C11H15ClS. The van der Waals surface area contributed by atoms with Gasteiger partial charge >= 0.3 is 0 Å². The summed E-state index contributed by atoms with van der Waals surface area (Å²) in [7, 11) is 0. The van der Waals surface area contributed by atoms with Crippen molar-refractivity contribution in [2.45, 2.75) is 26.2 Å². The Morgan fingerprint density at radius 1 is 1.31 bits per heavy atom. The van der Waals surface area contributed by atoms with Gasteiger partial charge in [0.15, 0.2) is 0 Å². The molecule has 0 aliphatic heterocycles. The Bertz CT molecular complexity index is 263. The maximum Gasteiger partial charge on any atom is 0.0258 e. The minimum Gasteiger partial charge on any atom is -0.145 e. The number of allylic oxidation sites excluding steroid dienone is 2. The number of alkyl halides is 1. The number of aryl methyl sites for hydroxylation is 1. The van der Waals surface area contributed by atoms with Gasteiger partial charge in [0.05, 0.1) is 0 Å². The largest absolute Gasteiger partial charge is 0.145 e. The summed E-state index contributed by atoms with van der Waals surface area (Å²) in [6, 6.07) is 4.43. The van der Waals surface area contributed by atoms with Gasteiger partial charge in [-0.15, -0.1) is 22.9 Å². The van der Waals surface area contributed by atoms with Crippen LogP contribution in [0.3, 0.4) is 0 Å². The fourth-order valence-corrected chi connectivity index (χ4v) is 2.16.